The molecule has 0 amide bonds. The number of rotatable bonds is 13. The summed E-state index contributed by atoms with van der Waals surface area (Å²) in [4.78, 5) is 40.1. The minimum absolute atomic E-state index is 0.0777. The lowest BCUT2D eigenvalue weighted by atomic mass is 9.32. The van der Waals surface area contributed by atoms with Crippen molar-refractivity contribution in [2.24, 2.45) is 56.2 Å². The highest BCUT2D eigenvalue weighted by atomic mass is 16.8. The molecule has 2 saturated heterocycles. The van der Waals surface area contributed by atoms with Gasteiger partial charge in [-0.25, -0.2) is 9.59 Å². The molecule has 6 fully saturated rings. The molecule has 19 nitrogen and oxygen atoms in total. The third-order valence-electron chi connectivity index (χ3n) is 20.3. The standard InChI is InChI=1S/C56H82O19/c1-10-27(2)48(69)75-46-45(72-35(59)19-16-28-14-12-11-13-15-28)51(3,4)24-30-29-17-18-33-53(7)22-21-34(52(5,6)32(53)20-23-54(33,8)55(29,9)43(65)44(66)56(30,46)26-58)71-50-42(39(63)38(62)41(73-50)47(67)68)74-49-40(64)37(61)36(60)31(25-57)70-49/h11-17,19,27,30-34,36-46,49-50,57-58,60-66H,10,18,20-26H2,1-9H3,(H,67,68)/b19-16+/t27?,30?,31-,32?,33?,34+,36-,37+,38+,39+,40-,41+,42-,43+,44-,45+,46+,49+,50-,53+,54-,55+,56+/m1/s1. The molecule has 7 aliphatic rings. The van der Waals surface area contributed by atoms with Gasteiger partial charge < -0.3 is 79.5 Å². The number of carboxylic acids is 1. The number of aliphatic carboxylic acids is 1. The molecule has 0 aromatic heterocycles. The zero-order chi connectivity index (χ0) is 55.1. The Morgan fingerprint density at radius 3 is 2.08 bits per heavy atom. The first kappa shape index (κ1) is 57.8. The van der Waals surface area contributed by atoms with E-state index < -0.39 is 167 Å². The Morgan fingerprint density at radius 1 is 0.773 bits per heavy atom. The van der Waals surface area contributed by atoms with Gasteiger partial charge in [-0.15, -0.1) is 0 Å². The molecule has 1 aromatic rings. The van der Waals surface area contributed by atoms with E-state index in [1.807, 2.05) is 71.9 Å². The maximum Gasteiger partial charge on any atom is 0.335 e. The number of esters is 2. The van der Waals surface area contributed by atoms with Gasteiger partial charge in [0.15, 0.2) is 24.8 Å². The van der Waals surface area contributed by atoms with Crippen LogP contribution in [0, 0.1) is 56.2 Å². The molecule has 1 aromatic carbocycles. The van der Waals surface area contributed by atoms with Crippen molar-refractivity contribution in [2.75, 3.05) is 13.2 Å². The second-order valence-electron chi connectivity index (χ2n) is 24.9. The highest BCUT2D eigenvalue weighted by molar-refractivity contribution is 5.87. The van der Waals surface area contributed by atoms with Crippen molar-refractivity contribution < 1.29 is 93.9 Å². The Labute approximate surface area is 438 Å². The lowest BCUT2D eigenvalue weighted by Crippen LogP contribution is -2.76. The summed E-state index contributed by atoms with van der Waals surface area (Å²) in [6.45, 7) is 16.5. The number of aliphatic hydroxyl groups excluding tert-OH is 9. The molecule has 0 spiro atoms. The lowest BCUT2D eigenvalue weighted by Gasteiger charge is -2.73. The first-order valence-corrected chi connectivity index (χ1v) is 26.8. The number of carbonyl (C=O) groups excluding carboxylic acids is 2. The third-order valence-corrected chi connectivity index (χ3v) is 20.3. The van der Waals surface area contributed by atoms with Crippen LogP contribution in [0.1, 0.15) is 113 Å². The van der Waals surface area contributed by atoms with Crippen LogP contribution in [-0.4, -0.2) is 174 Å². The van der Waals surface area contributed by atoms with E-state index in [-0.39, 0.29) is 11.8 Å². The second-order valence-corrected chi connectivity index (χ2v) is 24.9. The van der Waals surface area contributed by atoms with E-state index in [0.717, 1.165) is 11.1 Å². The van der Waals surface area contributed by atoms with Gasteiger partial charge in [-0.2, -0.15) is 0 Å². The van der Waals surface area contributed by atoms with Crippen molar-refractivity contribution in [3.63, 3.8) is 0 Å². The molecule has 0 bridgehead atoms. The Balaban J connectivity index is 1.11. The van der Waals surface area contributed by atoms with Crippen molar-refractivity contribution in [1.82, 2.24) is 0 Å². The van der Waals surface area contributed by atoms with Gasteiger partial charge in [0.2, 0.25) is 0 Å². The Kier molecular flexibility index (Phi) is 16.2. The molecule has 10 N–H and O–H groups in total. The zero-order valence-corrected chi connectivity index (χ0v) is 44.6. The third kappa shape index (κ3) is 9.24. The Hall–Kier alpha value is -3.41. The molecule has 2 aliphatic heterocycles. The summed E-state index contributed by atoms with van der Waals surface area (Å²) in [7, 11) is 0. The number of hydrogen-bond acceptors (Lipinski definition) is 18. The monoisotopic (exact) mass is 1060 g/mol. The number of fused-ring (bicyclic) bond motifs is 7. The number of carboxylic acid groups (broad SMARTS) is 1. The van der Waals surface area contributed by atoms with E-state index in [4.69, 9.17) is 28.4 Å². The van der Waals surface area contributed by atoms with Crippen LogP contribution in [0.15, 0.2) is 48.1 Å². The summed E-state index contributed by atoms with van der Waals surface area (Å²) in [6, 6.07) is 9.21. The van der Waals surface area contributed by atoms with Crippen molar-refractivity contribution >= 4 is 24.0 Å². The summed E-state index contributed by atoms with van der Waals surface area (Å²) in [6.07, 6.45) is -15.6. The quantitative estimate of drug-likeness (QED) is 0.0588. The maximum absolute atomic E-state index is 14.0. The maximum atomic E-state index is 14.0. The van der Waals surface area contributed by atoms with Crippen LogP contribution in [0.5, 0.6) is 0 Å². The lowest BCUT2D eigenvalue weighted by molar-refractivity contribution is -0.374. The SMILES string of the molecule is CCC(C)C(=O)O[C@H]1[C@H](OC(=O)/C=C/c2ccccc2)C(C)(C)CC2C3=CCC4[C@@]5(C)CC[C@H](O[C@@H]6O[C@H](C(=O)O)[C@@H](O)[C@H](O)[C@H]6O[C@@H]6O[C@H](CO)[C@@H](O)[C@H](O)[C@H]6O)C(C)(C)C5CC[C@@]4(C)[C@]3(C)[C@@H](O)[C@@H](O)[C@]21CO. The first-order valence-electron chi connectivity index (χ1n) is 26.8. The molecule has 420 valence electrons. The molecule has 4 saturated carbocycles. The molecule has 4 unspecified atom stereocenters. The number of hydrogen-bond donors (Lipinski definition) is 10. The van der Waals surface area contributed by atoms with Crippen LogP contribution in [0.4, 0.5) is 0 Å². The first-order chi connectivity index (χ1) is 35.1. The van der Waals surface area contributed by atoms with E-state index >= 15 is 0 Å². The zero-order valence-electron chi connectivity index (χ0n) is 44.6. The van der Waals surface area contributed by atoms with Gasteiger partial charge in [-0.3, -0.25) is 4.79 Å². The summed E-state index contributed by atoms with van der Waals surface area (Å²) < 4.78 is 36.8. The van der Waals surface area contributed by atoms with Crippen LogP contribution in [0.3, 0.4) is 0 Å². The summed E-state index contributed by atoms with van der Waals surface area (Å²) in [5, 5.41) is 112. The van der Waals surface area contributed by atoms with Crippen molar-refractivity contribution in [1.29, 1.82) is 0 Å². The van der Waals surface area contributed by atoms with Crippen LogP contribution in [0.25, 0.3) is 6.08 Å². The molecule has 19 heteroatoms. The predicted molar refractivity (Wildman–Crippen MR) is 266 cm³/mol. The summed E-state index contributed by atoms with van der Waals surface area (Å²) in [5.41, 5.74) is -3.84. The van der Waals surface area contributed by atoms with Crippen LogP contribution in [0.2, 0.25) is 0 Å². The summed E-state index contributed by atoms with van der Waals surface area (Å²) in [5.74, 6) is -4.23. The number of carbonyl (C=O) groups is 3. The number of aliphatic hydroxyl groups is 9. The fraction of sp³-hybridized carbons (Fsp3) is 0.768. The van der Waals surface area contributed by atoms with Crippen LogP contribution < -0.4 is 0 Å². The van der Waals surface area contributed by atoms with Gasteiger partial charge in [0.05, 0.1) is 42.9 Å². The normalized spacial score (nSPS) is 46.5. The fourth-order valence-electron chi connectivity index (χ4n) is 15.6. The molecular weight excluding hydrogens is 977 g/mol. The van der Waals surface area contributed by atoms with E-state index in [2.05, 4.69) is 19.9 Å². The average Bonchev–Trinajstić information content (AvgIpc) is 3.36. The van der Waals surface area contributed by atoms with Gasteiger partial charge in [-0.05, 0) is 90.6 Å². The van der Waals surface area contributed by atoms with E-state index in [1.165, 1.54) is 6.08 Å². The molecule has 0 radical (unpaired) electrons. The van der Waals surface area contributed by atoms with Crippen LogP contribution in [-0.2, 0) is 42.8 Å². The molecule has 5 aliphatic carbocycles. The van der Waals surface area contributed by atoms with Gasteiger partial charge in [0, 0.05) is 16.9 Å². The van der Waals surface area contributed by atoms with E-state index in [0.29, 0.717) is 44.9 Å². The van der Waals surface area contributed by atoms with Crippen molar-refractivity contribution in [3.05, 3.63) is 53.6 Å². The average molecular weight is 1060 g/mol. The fourth-order valence-corrected chi connectivity index (χ4v) is 15.6. The number of ether oxygens (including phenoxy) is 6. The minimum Gasteiger partial charge on any atom is -0.479 e. The van der Waals surface area contributed by atoms with Crippen molar-refractivity contribution in [2.45, 2.75) is 199 Å². The van der Waals surface area contributed by atoms with E-state index in [1.54, 1.807) is 13.0 Å². The largest absolute Gasteiger partial charge is 0.479 e. The molecule has 8 rings (SSSR count). The topological polar surface area (TPSA) is 309 Å². The minimum atomic E-state index is -2.02. The molecule has 2 heterocycles. The highest BCUT2D eigenvalue weighted by Crippen LogP contribution is 2.76. The number of allylic oxidation sites excluding steroid dienone is 1. The van der Waals surface area contributed by atoms with Gasteiger partial charge in [-0.1, -0.05) is 104 Å². The van der Waals surface area contributed by atoms with Crippen LogP contribution >= 0.6 is 0 Å². The van der Waals surface area contributed by atoms with Gasteiger partial charge >= 0.3 is 17.9 Å². The van der Waals surface area contributed by atoms with E-state index in [9.17, 15) is 65.4 Å². The van der Waals surface area contributed by atoms with Gasteiger partial charge in [0.1, 0.15) is 48.8 Å². The predicted octanol–water partition coefficient (Wildman–Crippen LogP) is 2.63. The Bertz CT molecular complexity index is 2300. The summed E-state index contributed by atoms with van der Waals surface area (Å²) >= 11 is 0. The number of benzene rings is 1. The Morgan fingerprint density at radius 2 is 1.45 bits per heavy atom. The van der Waals surface area contributed by atoms with Gasteiger partial charge in [0.25, 0.3) is 0 Å². The highest BCUT2D eigenvalue weighted by Gasteiger charge is 2.76. The molecular formula is C56H82O19. The smallest absolute Gasteiger partial charge is 0.335 e. The molecule has 23 atom stereocenters. The second kappa shape index (κ2) is 21.0. The van der Waals surface area contributed by atoms with Crippen molar-refractivity contribution in [3.8, 4) is 0 Å². The molecule has 75 heavy (non-hydrogen) atoms.